The molecule has 2 heterocycles. The van der Waals surface area contributed by atoms with Crippen molar-refractivity contribution >= 4 is 5.97 Å². The zero-order valence-corrected chi connectivity index (χ0v) is 9.02. The Morgan fingerprint density at radius 1 is 1.56 bits per heavy atom. The molecule has 6 heteroatoms. The summed E-state index contributed by atoms with van der Waals surface area (Å²) < 4.78 is 12.5. The molecular weight excluding hydrogens is 206 g/mol. The first-order chi connectivity index (χ1) is 7.15. The van der Waals surface area contributed by atoms with E-state index in [0.717, 1.165) is 0 Å². The predicted molar refractivity (Wildman–Crippen MR) is 48.7 cm³/mol. The Kier molecular flexibility index (Phi) is 4.48. The van der Waals surface area contributed by atoms with E-state index in [1.807, 2.05) is 4.90 Å². The number of rotatable bonds is 3. The molecule has 0 aromatic carbocycles. The molecule has 0 saturated carbocycles. The van der Waals surface area contributed by atoms with Gasteiger partial charge in [-0.15, -0.1) is 0 Å². The molecule has 0 radical (unpaired) electrons. The van der Waals surface area contributed by atoms with Gasteiger partial charge < -0.3 is 9.90 Å². The summed E-state index contributed by atoms with van der Waals surface area (Å²) in [5, 5.41) is 10.5. The third-order valence-corrected chi connectivity index (χ3v) is 2.31. The maximum absolute atomic E-state index is 12.5. The monoisotopic (exact) mass is 216 g/mol. The molecule has 0 amide bonds. The normalized spacial score (nSPS) is 16.3. The Morgan fingerprint density at radius 2 is 2.25 bits per heavy atom. The number of carboxylic acid groups (broad SMARTS) is 1. The first kappa shape index (κ1) is 13.2. The Bertz CT molecular complexity index is 383. The number of aromatic carboxylic acids is 1. The second-order valence-electron chi connectivity index (χ2n) is 3.59. The number of carbonyl (C=O) groups excluding carboxylic acids is 1. The number of hydrogen-bond donors (Lipinski definition) is 0. The SMILES string of the molecule is O=C([O-])c1cccc(CN2CC(F)C2)n1.[Li+]. The Morgan fingerprint density at radius 3 is 2.81 bits per heavy atom. The van der Waals surface area contributed by atoms with Gasteiger partial charge in [-0.1, -0.05) is 6.07 Å². The number of likely N-dealkylation sites (tertiary alicyclic amines) is 1. The van der Waals surface area contributed by atoms with Crippen LogP contribution in [-0.2, 0) is 6.54 Å². The van der Waals surface area contributed by atoms with Crippen LogP contribution in [0.15, 0.2) is 18.2 Å². The van der Waals surface area contributed by atoms with E-state index < -0.39 is 12.1 Å². The fourth-order valence-corrected chi connectivity index (χ4v) is 1.55. The van der Waals surface area contributed by atoms with Gasteiger partial charge >= 0.3 is 18.9 Å². The molecule has 0 bridgehead atoms. The van der Waals surface area contributed by atoms with Crippen molar-refractivity contribution in [1.82, 2.24) is 9.88 Å². The largest absolute Gasteiger partial charge is 1.00 e. The minimum Gasteiger partial charge on any atom is -0.543 e. The van der Waals surface area contributed by atoms with E-state index in [1.54, 1.807) is 12.1 Å². The fourth-order valence-electron chi connectivity index (χ4n) is 1.55. The third kappa shape index (κ3) is 3.05. The van der Waals surface area contributed by atoms with Crippen LogP contribution in [0.2, 0.25) is 0 Å². The van der Waals surface area contributed by atoms with Gasteiger partial charge in [0.25, 0.3) is 0 Å². The van der Waals surface area contributed by atoms with Crippen LogP contribution in [0, 0.1) is 0 Å². The smallest absolute Gasteiger partial charge is 0.543 e. The van der Waals surface area contributed by atoms with Gasteiger partial charge in [-0.05, 0) is 12.1 Å². The van der Waals surface area contributed by atoms with E-state index in [4.69, 9.17) is 0 Å². The van der Waals surface area contributed by atoms with Crippen molar-refractivity contribution in [2.45, 2.75) is 12.7 Å². The molecule has 1 fully saturated rings. The second-order valence-corrected chi connectivity index (χ2v) is 3.59. The van der Waals surface area contributed by atoms with Gasteiger partial charge in [-0.2, -0.15) is 0 Å². The Hall–Kier alpha value is -0.893. The van der Waals surface area contributed by atoms with Crippen LogP contribution in [0.3, 0.4) is 0 Å². The number of carboxylic acids is 1. The average molecular weight is 216 g/mol. The van der Waals surface area contributed by atoms with Crippen molar-refractivity contribution in [2.24, 2.45) is 0 Å². The van der Waals surface area contributed by atoms with Gasteiger partial charge in [-0.3, -0.25) is 9.88 Å². The molecule has 0 unspecified atom stereocenters. The average Bonchev–Trinajstić information content (AvgIpc) is 2.16. The summed E-state index contributed by atoms with van der Waals surface area (Å²) in [7, 11) is 0. The molecule has 2 rings (SSSR count). The van der Waals surface area contributed by atoms with E-state index >= 15 is 0 Å². The first-order valence-corrected chi connectivity index (χ1v) is 4.69. The number of pyridine rings is 1. The molecule has 0 N–H and O–H groups in total. The molecule has 1 aromatic rings. The number of hydrogen-bond acceptors (Lipinski definition) is 4. The summed E-state index contributed by atoms with van der Waals surface area (Å²) in [6, 6.07) is 4.71. The van der Waals surface area contributed by atoms with Gasteiger partial charge in [0, 0.05) is 19.6 Å². The zero-order chi connectivity index (χ0) is 10.8. The van der Waals surface area contributed by atoms with Gasteiger partial charge in [0.2, 0.25) is 0 Å². The molecule has 0 aliphatic carbocycles. The van der Waals surface area contributed by atoms with E-state index in [2.05, 4.69) is 4.98 Å². The van der Waals surface area contributed by atoms with Crippen molar-refractivity contribution in [3.63, 3.8) is 0 Å². The molecule has 1 aliphatic rings. The Labute approximate surface area is 105 Å². The van der Waals surface area contributed by atoms with Crippen molar-refractivity contribution < 1.29 is 33.2 Å². The first-order valence-electron chi connectivity index (χ1n) is 4.69. The van der Waals surface area contributed by atoms with E-state index in [-0.39, 0.29) is 24.6 Å². The summed E-state index contributed by atoms with van der Waals surface area (Å²) in [5.74, 6) is -1.29. The van der Waals surface area contributed by atoms with Crippen LogP contribution in [0.5, 0.6) is 0 Å². The van der Waals surface area contributed by atoms with Crippen LogP contribution in [-0.4, -0.2) is 35.1 Å². The van der Waals surface area contributed by atoms with Gasteiger partial charge in [0.1, 0.15) is 6.17 Å². The number of halogens is 1. The molecule has 4 nitrogen and oxygen atoms in total. The number of alkyl halides is 1. The zero-order valence-electron chi connectivity index (χ0n) is 9.02. The van der Waals surface area contributed by atoms with Crippen LogP contribution in [0.1, 0.15) is 16.2 Å². The Balaban J connectivity index is 0.00000128. The number of aromatic nitrogens is 1. The topological polar surface area (TPSA) is 56.3 Å². The molecule has 1 aliphatic heterocycles. The van der Waals surface area contributed by atoms with E-state index in [1.165, 1.54) is 6.07 Å². The summed E-state index contributed by atoms with van der Waals surface area (Å²) in [4.78, 5) is 16.3. The van der Waals surface area contributed by atoms with Crippen LogP contribution in [0.4, 0.5) is 4.39 Å². The minimum absolute atomic E-state index is 0. The molecule has 0 spiro atoms. The third-order valence-electron chi connectivity index (χ3n) is 2.31. The van der Waals surface area contributed by atoms with Gasteiger partial charge in [0.05, 0.1) is 17.4 Å². The van der Waals surface area contributed by atoms with E-state index in [9.17, 15) is 14.3 Å². The van der Waals surface area contributed by atoms with Crippen molar-refractivity contribution in [1.29, 1.82) is 0 Å². The number of nitrogens with zero attached hydrogens (tertiary/aromatic N) is 2. The summed E-state index contributed by atoms with van der Waals surface area (Å²) in [6.07, 6.45) is -0.755. The second kappa shape index (κ2) is 5.44. The van der Waals surface area contributed by atoms with E-state index in [0.29, 0.717) is 25.3 Å². The predicted octanol–water partition coefficient (Wildman–Crippen LogP) is -3.40. The maximum Gasteiger partial charge on any atom is 1.00 e. The van der Waals surface area contributed by atoms with Crippen LogP contribution in [0.25, 0.3) is 0 Å². The standard InChI is InChI=1S/C10H11FN2O2.Li/c11-7-4-13(5-7)6-8-2-1-3-9(12-8)10(14)15;/h1-3,7H,4-6H2,(H,14,15);/q;+1/p-1. The maximum atomic E-state index is 12.5. The quantitative estimate of drug-likeness (QED) is 0.494. The molecule has 1 aromatic heterocycles. The molecule has 16 heavy (non-hydrogen) atoms. The van der Waals surface area contributed by atoms with Crippen LogP contribution >= 0.6 is 0 Å². The summed E-state index contributed by atoms with van der Waals surface area (Å²) in [6.45, 7) is 1.29. The van der Waals surface area contributed by atoms with Gasteiger partial charge in [-0.25, -0.2) is 4.39 Å². The number of carbonyl (C=O) groups is 1. The fraction of sp³-hybridized carbons (Fsp3) is 0.400. The van der Waals surface area contributed by atoms with Crippen molar-refractivity contribution in [3.8, 4) is 0 Å². The van der Waals surface area contributed by atoms with Crippen molar-refractivity contribution in [3.05, 3.63) is 29.6 Å². The summed E-state index contributed by atoms with van der Waals surface area (Å²) >= 11 is 0. The van der Waals surface area contributed by atoms with Crippen LogP contribution < -0.4 is 24.0 Å². The molecule has 0 atom stereocenters. The van der Waals surface area contributed by atoms with Crippen molar-refractivity contribution in [2.75, 3.05) is 13.1 Å². The molecule has 80 valence electrons. The van der Waals surface area contributed by atoms with Gasteiger partial charge in [0.15, 0.2) is 0 Å². The minimum atomic E-state index is -1.29. The molecule has 1 saturated heterocycles. The summed E-state index contributed by atoms with van der Waals surface area (Å²) in [5.41, 5.74) is 0.549. The molecular formula is C10H10FLiN2O2.